The Morgan fingerprint density at radius 1 is 1.32 bits per heavy atom. The first-order chi connectivity index (χ1) is 11.7. The quantitative estimate of drug-likeness (QED) is 0.783. The van der Waals surface area contributed by atoms with Crippen molar-refractivity contribution in [2.24, 2.45) is 0 Å². The van der Waals surface area contributed by atoms with Gasteiger partial charge in [0.1, 0.15) is 11.6 Å². The minimum Gasteiger partial charge on any atom is -0.480 e. The fraction of sp³-hybridized carbons (Fsp3) is 0.562. The summed E-state index contributed by atoms with van der Waals surface area (Å²) in [4.78, 5) is 12.7. The number of benzene rings is 1. The second-order valence-corrected chi connectivity index (χ2v) is 8.32. The van der Waals surface area contributed by atoms with Gasteiger partial charge in [-0.2, -0.15) is 0 Å². The monoisotopic (exact) mass is 376 g/mol. The Balaban J connectivity index is 2.11. The Bertz CT molecular complexity index is 719. The molecule has 2 rings (SSSR count). The van der Waals surface area contributed by atoms with Crippen molar-refractivity contribution in [1.82, 2.24) is 9.21 Å². The van der Waals surface area contributed by atoms with Gasteiger partial charge in [0.15, 0.2) is 0 Å². The second kappa shape index (κ2) is 8.20. The molecule has 1 heterocycles. The molecular formula is C16H22F2N2O4S. The van der Waals surface area contributed by atoms with Gasteiger partial charge in [-0.05, 0) is 38.0 Å². The molecule has 1 aromatic rings. The van der Waals surface area contributed by atoms with Gasteiger partial charge in [0.2, 0.25) is 10.0 Å². The van der Waals surface area contributed by atoms with Gasteiger partial charge in [0, 0.05) is 31.2 Å². The first-order valence-electron chi connectivity index (χ1n) is 8.10. The Kier molecular flexibility index (Phi) is 6.47. The van der Waals surface area contributed by atoms with Crippen LogP contribution in [0.1, 0.15) is 25.3 Å². The number of rotatable bonds is 7. The van der Waals surface area contributed by atoms with Crippen LogP contribution in [-0.2, 0) is 21.4 Å². The van der Waals surface area contributed by atoms with Crippen LogP contribution >= 0.6 is 0 Å². The molecule has 9 heteroatoms. The first kappa shape index (κ1) is 19.7. The summed E-state index contributed by atoms with van der Waals surface area (Å²) >= 11 is 0. The smallest absolute Gasteiger partial charge is 0.317 e. The summed E-state index contributed by atoms with van der Waals surface area (Å²) in [5.41, 5.74) is 0.0878. The van der Waals surface area contributed by atoms with Crippen LogP contribution in [0.3, 0.4) is 0 Å². The SMILES string of the molecule is CCS(=O)(=O)N1CCC(N(CC(=O)O)Cc2cc(F)ccc2F)CC1. The van der Waals surface area contributed by atoms with E-state index in [2.05, 4.69) is 0 Å². The van der Waals surface area contributed by atoms with E-state index in [1.54, 1.807) is 11.8 Å². The molecule has 1 N–H and O–H groups in total. The van der Waals surface area contributed by atoms with E-state index < -0.39 is 27.6 Å². The van der Waals surface area contributed by atoms with Crippen LogP contribution in [0.15, 0.2) is 18.2 Å². The standard InChI is InChI=1S/C16H22F2N2O4S/c1-2-25(23,24)20-7-5-14(6-8-20)19(11-16(21)22)10-12-9-13(17)3-4-15(12)18/h3-4,9,14H,2,5-8,10-11H2,1H3,(H,21,22). The molecule has 0 atom stereocenters. The summed E-state index contributed by atoms with van der Waals surface area (Å²) < 4.78 is 52.4. The largest absolute Gasteiger partial charge is 0.480 e. The molecule has 0 amide bonds. The van der Waals surface area contributed by atoms with Crippen molar-refractivity contribution >= 4 is 16.0 Å². The van der Waals surface area contributed by atoms with Gasteiger partial charge in [-0.3, -0.25) is 9.69 Å². The van der Waals surface area contributed by atoms with Crippen LogP contribution in [-0.4, -0.2) is 60.1 Å². The number of carboxylic acid groups (broad SMARTS) is 1. The molecule has 1 fully saturated rings. The Morgan fingerprint density at radius 3 is 2.52 bits per heavy atom. The number of nitrogens with zero attached hydrogens (tertiary/aromatic N) is 2. The number of hydrogen-bond donors (Lipinski definition) is 1. The van der Waals surface area contributed by atoms with Crippen molar-refractivity contribution in [3.8, 4) is 0 Å². The zero-order chi connectivity index (χ0) is 18.6. The summed E-state index contributed by atoms with van der Waals surface area (Å²) in [5, 5.41) is 9.12. The molecule has 6 nitrogen and oxygen atoms in total. The highest BCUT2D eigenvalue weighted by Gasteiger charge is 2.30. The molecule has 1 aliphatic rings. The Hall–Kier alpha value is -1.58. The lowest BCUT2D eigenvalue weighted by atomic mass is 10.0. The molecular weight excluding hydrogens is 354 g/mol. The lowest BCUT2D eigenvalue weighted by Crippen LogP contribution is -2.48. The molecule has 0 spiro atoms. The molecule has 1 saturated heterocycles. The lowest BCUT2D eigenvalue weighted by Gasteiger charge is -2.37. The van der Waals surface area contributed by atoms with E-state index >= 15 is 0 Å². The predicted octanol–water partition coefficient (Wildman–Crippen LogP) is 1.67. The molecule has 0 unspecified atom stereocenters. The minimum atomic E-state index is -3.28. The number of carbonyl (C=O) groups is 1. The van der Waals surface area contributed by atoms with E-state index in [9.17, 15) is 22.0 Å². The second-order valence-electron chi connectivity index (χ2n) is 6.07. The molecule has 25 heavy (non-hydrogen) atoms. The van der Waals surface area contributed by atoms with Crippen LogP contribution in [0.2, 0.25) is 0 Å². The zero-order valence-electron chi connectivity index (χ0n) is 14.0. The van der Waals surface area contributed by atoms with Gasteiger partial charge < -0.3 is 5.11 Å². The predicted molar refractivity (Wildman–Crippen MR) is 88.5 cm³/mol. The number of aliphatic carboxylic acids is 1. The van der Waals surface area contributed by atoms with Crippen molar-refractivity contribution in [3.63, 3.8) is 0 Å². The molecule has 0 bridgehead atoms. The number of hydrogen-bond acceptors (Lipinski definition) is 4. The van der Waals surface area contributed by atoms with Crippen LogP contribution in [0, 0.1) is 11.6 Å². The van der Waals surface area contributed by atoms with Crippen molar-refractivity contribution in [1.29, 1.82) is 0 Å². The summed E-state index contributed by atoms with van der Waals surface area (Å²) in [6.07, 6.45) is 0.896. The molecule has 0 aliphatic carbocycles. The zero-order valence-corrected chi connectivity index (χ0v) is 14.8. The summed E-state index contributed by atoms with van der Waals surface area (Å²) in [7, 11) is -3.28. The minimum absolute atomic E-state index is 0.0189. The van der Waals surface area contributed by atoms with Gasteiger partial charge in [-0.15, -0.1) is 0 Å². The number of sulfonamides is 1. The maximum Gasteiger partial charge on any atom is 0.317 e. The average molecular weight is 376 g/mol. The number of carboxylic acids is 1. The van der Waals surface area contributed by atoms with E-state index in [0.29, 0.717) is 25.9 Å². The molecule has 140 valence electrons. The highest BCUT2D eigenvalue weighted by Crippen LogP contribution is 2.22. The number of halogens is 2. The first-order valence-corrected chi connectivity index (χ1v) is 9.71. The maximum atomic E-state index is 13.9. The fourth-order valence-electron chi connectivity index (χ4n) is 3.04. The fourth-order valence-corrected chi connectivity index (χ4v) is 4.17. The molecule has 0 aromatic heterocycles. The van der Waals surface area contributed by atoms with Crippen LogP contribution in [0.4, 0.5) is 8.78 Å². The van der Waals surface area contributed by atoms with Gasteiger partial charge in [-0.25, -0.2) is 21.5 Å². The third-order valence-electron chi connectivity index (χ3n) is 4.42. The van der Waals surface area contributed by atoms with E-state index in [1.807, 2.05) is 0 Å². The molecule has 0 radical (unpaired) electrons. The van der Waals surface area contributed by atoms with Gasteiger partial charge in [-0.1, -0.05) is 0 Å². The summed E-state index contributed by atoms with van der Waals surface area (Å²) in [6.45, 7) is 1.80. The topological polar surface area (TPSA) is 77.9 Å². The molecule has 0 saturated carbocycles. The summed E-state index contributed by atoms with van der Waals surface area (Å²) in [5.74, 6) is -2.23. The molecule has 1 aromatic carbocycles. The van der Waals surface area contributed by atoms with Crippen molar-refractivity contribution in [2.75, 3.05) is 25.4 Å². The van der Waals surface area contributed by atoms with Crippen LogP contribution in [0.25, 0.3) is 0 Å². The van der Waals surface area contributed by atoms with E-state index in [1.165, 1.54) is 4.31 Å². The van der Waals surface area contributed by atoms with Crippen LogP contribution < -0.4 is 0 Å². The van der Waals surface area contributed by atoms with Gasteiger partial charge in [0.05, 0.1) is 12.3 Å². The van der Waals surface area contributed by atoms with E-state index in [4.69, 9.17) is 5.11 Å². The lowest BCUT2D eigenvalue weighted by molar-refractivity contribution is -0.139. The van der Waals surface area contributed by atoms with E-state index in [0.717, 1.165) is 18.2 Å². The van der Waals surface area contributed by atoms with Crippen LogP contribution in [0.5, 0.6) is 0 Å². The highest BCUT2D eigenvalue weighted by molar-refractivity contribution is 7.89. The van der Waals surface area contributed by atoms with E-state index in [-0.39, 0.29) is 30.4 Å². The van der Waals surface area contributed by atoms with Gasteiger partial charge in [0.25, 0.3) is 0 Å². The van der Waals surface area contributed by atoms with Crippen molar-refractivity contribution in [3.05, 3.63) is 35.4 Å². The third kappa shape index (κ3) is 5.20. The average Bonchev–Trinajstić information content (AvgIpc) is 2.57. The number of piperidine rings is 1. The molecule has 1 aliphatic heterocycles. The highest BCUT2D eigenvalue weighted by atomic mass is 32.2. The van der Waals surface area contributed by atoms with Crippen molar-refractivity contribution in [2.45, 2.75) is 32.4 Å². The third-order valence-corrected chi connectivity index (χ3v) is 6.30. The normalized spacial score (nSPS) is 17.1. The van der Waals surface area contributed by atoms with Crippen molar-refractivity contribution < 1.29 is 27.1 Å². The van der Waals surface area contributed by atoms with Gasteiger partial charge >= 0.3 is 5.97 Å². The summed E-state index contributed by atoms with van der Waals surface area (Å²) in [6, 6.07) is 2.87. The Labute approximate surface area is 146 Å². The maximum absolute atomic E-state index is 13.9. The Morgan fingerprint density at radius 2 is 1.96 bits per heavy atom.